The van der Waals surface area contributed by atoms with Gasteiger partial charge >= 0.3 is 0 Å². The smallest absolute Gasteiger partial charge is 0.00493 e. The quantitative estimate of drug-likeness (QED) is 0.625. The summed E-state index contributed by atoms with van der Waals surface area (Å²) >= 11 is 0. The van der Waals surface area contributed by atoms with Crippen molar-refractivity contribution in [3.63, 3.8) is 0 Å². The van der Waals surface area contributed by atoms with E-state index in [1.54, 1.807) is 0 Å². The molecule has 0 heterocycles. The Labute approximate surface area is 71.6 Å². The molecule has 68 valence electrons. The van der Waals surface area contributed by atoms with Gasteiger partial charge in [0.25, 0.3) is 0 Å². The Balaban J connectivity index is 3.51. The van der Waals surface area contributed by atoms with Crippen molar-refractivity contribution >= 4 is 0 Å². The summed E-state index contributed by atoms with van der Waals surface area (Å²) in [4.78, 5) is 0. The van der Waals surface area contributed by atoms with E-state index >= 15 is 0 Å². The van der Waals surface area contributed by atoms with E-state index < -0.39 is 0 Å². The summed E-state index contributed by atoms with van der Waals surface area (Å²) in [6.45, 7) is 8.13. The van der Waals surface area contributed by atoms with Gasteiger partial charge < -0.3 is 5.32 Å². The molecule has 11 heavy (non-hydrogen) atoms. The van der Waals surface area contributed by atoms with Gasteiger partial charge in [-0.2, -0.15) is 0 Å². The second-order valence-electron chi connectivity index (χ2n) is 3.45. The molecule has 0 radical (unpaired) electrons. The SMILES string of the molecule is CCC(CC)C(C)CCNC. The predicted molar refractivity (Wildman–Crippen MR) is 51.8 cm³/mol. The first-order valence-electron chi connectivity index (χ1n) is 4.90. The van der Waals surface area contributed by atoms with Crippen molar-refractivity contribution in [3.8, 4) is 0 Å². The van der Waals surface area contributed by atoms with Crippen LogP contribution in [0.25, 0.3) is 0 Å². The molecule has 0 aliphatic rings. The average Bonchev–Trinajstić information content (AvgIpc) is 2.03. The lowest BCUT2D eigenvalue weighted by Gasteiger charge is -2.20. The molecular formula is C10H23N. The standard InChI is InChI=1S/C10H23N/c1-5-10(6-2)9(3)7-8-11-4/h9-11H,5-8H2,1-4H3. The summed E-state index contributed by atoms with van der Waals surface area (Å²) < 4.78 is 0. The van der Waals surface area contributed by atoms with E-state index in [2.05, 4.69) is 26.1 Å². The van der Waals surface area contributed by atoms with Crippen LogP contribution in [0, 0.1) is 11.8 Å². The average molecular weight is 157 g/mol. The topological polar surface area (TPSA) is 12.0 Å². The number of nitrogens with one attached hydrogen (secondary N) is 1. The van der Waals surface area contributed by atoms with Gasteiger partial charge in [-0.1, -0.05) is 33.6 Å². The van der Waals surface area contributed by atoms with Crippen LogP contribution in [-0.4, -0.2) is 13.6 Å². The summed E-state index contributed by atoms with van der Waals surface area (Å²) in [5.41, 5.74) is 0. The second kappa shape index (κ2) is 6.66. The lowest BCUT2D eigenvalue weighted by Crippen LogP contribution is -2.17. The van der Waals surface area contributed by atoms with Crippen LogP contribution in [0.15, 0.2) is 0 Å². The fourth-order valence-corrected chi connectivity index (χ4v) is 1.70. The zero-order valence-corrected chi connectivity index (χ0v) is 8.48. The molecule has 1 heteroatoms. The molecule has 0 spiro atoms. The lowest BCUT2D eigenvalue weighted by molar-refractivity contribution is 0.317. The van der Waals surface area contributed by atoms with Gasteiger partial charge in [0.05, 0.1) is 0 Å². The highest BCUT2D eigenvalue weighted by Gasteiger charge is 2.11. The summed E-state index contributed by atoms with van der Waals surface area (Å²) in [7, 11) is 2.03. The van der Waals surface area contributed by atoms with E-state index in [4.69, 9.17) is 0 Å². The molecule has 0 fully saturated rings. The van der Waals surface area contributed by atoms with Crippen LogP contribution in [0.1, 0.15) is 40.0 Å². The first-order chi connectivity index (χ1) is 5.26. The lowest BCUT2D eigenvalue weighted by atomic mass is 9.87. The van der Waals surface area contributed by atoms with Gasteiger partial charge in [0.1, 0.15) is 0 Å². The molecule has 1 atom stereocenters. The maximum Gasteiger partial charge on any atom is -0.00493 e. The minimum atomic E-state index is 0.887. The maximum atomic E-state index is 3.20. The van der Waals surface area contributed by atoms with Crippen LogP contribution in [0.2, 0.25) is 0 Å². The minimum Gasteiger partial charge on any atom is -0.320 e. The highest BCUT2D eigenvalue weighted by atomic mass is 14.8. The van der Waals surface area contributed by atoms with Crippen molar-refractivity contribution in [1.29, 1.82) is 0 Å². The van der Waals surface area contributed by atoms with Gasteiger partial charge in [-0.3, -0.25) is 0 Å². The Morgan fingerprint density at radius 3 is 2.09 bits per heavy atom. The van der Waals surface area contributed by atoms with Gasteiger partial charge in [0.2, 0.25) is 0 Å². The molecule has 0 aromatic heterocycles. The summed E-state index contributed by atoms with van der Waals surface area (Å²) in [6.07, 6.45) is 3.99. The first-order valence-corrected chi connectivity index (χ1v) is 4.90. The number of hydrogen-bond acceptors (Lipinski definition) is 1. The van der Waals surface area contributed by atoms with Crippen LogP contribution in [0.4, 0.5) is 0 Å². The Morgan fingerprint density at radius 1 is 1.18 bits per heavy atom. The Hall–Kier alpha value is -0.0400. The molecule has 0 saturated carbocycles. The highest BCUT2D eigenvalue weighted by molar-refractivity contribution is 4.64. The predicted octanol–water partition coefficient (Wildman–Crippen LogP) is 2.67. The van der Waals surface area contributed by atoms with E-state index in [-0.39, 0.29) is 0 Å². The van der Waals surface area contributed by atoms with Crippen LogP contribution >= 0.6 is 0 Å². The maximum absolute atomic E-state index is 3.20. The summed E-state index contributed by atoms with van der Waals surface area (Å²) in [6, 6.07) is 0. The molecular weight excluding hydrogens is 134 g/mol. The highest BCUT2D eigenvalue weighted by Crippen LogP contribution is 2.21. The van der Waals surface area contributed by atoms with Crippen LogP contribution in [0.3, 0.4) is 0 Å². The van der Waals surface area contributed by atoms with Crippen molar-refractivity contribution in [2.75, 3.05) is 13.6 Å². The van der Waals surface area contributed by atoms with Crippen LogP contribution in [0.5, 0.6) is 0 Å². The van der Waals surface area contributed by atoms with Gasteiger partial charge in [-0.15, -0.1) is 0 Å². The van der Waals surface area contributed by atoms with Crippen LogP contribution in [-0.2, 0) is 0 Å². The molecule has 1 N–H and O–H groups in total. The van der Waals surface area contributed by atoms with E-state index in [9.17, 15) is 0 Å². The molecule has 0 rings (SSSR count). The fraction of sp³-hybridized carbons (Fsp3) is 1.00. The second-order valence-corrected chi connectivity index (χ2v) is 3.45. The molecule has 0 aliphatic carbocycles. The van der Waals surface area contributed by atoms with Crippen LogP contribution < -0.4 is 5.32 Å². The zero-order valence-electron chi connectivity index (χ0n) is 8.48. The Kier molecular flexibility index (Phi) is 6.63. The zero-order chi connectivity index (χ0) is 8.69. The van der Waals surface area contributed by atoms with Gasteiger partial charge in [0, 0.05) is 0 Å². The number of rotatable bonds is 6. The van der Waals surface area contributed by atoms with Crippen molar-refractivity contribution in [2.24, 2.45) is 11.8 Å². The molecule has 0 bridgehead atoms. The summed E-state index contributed by atoms with van der Waals surface area (Å²) in [5, 5.41) is 3.20. The molecule has 0 amide bonds. The third-order valence-electron chi connectivity index (χ3n) is 2.70. The molecule has 0 aromatic carbocycles. The van der Waals surface area contributed by atoms with Crippen molar-refractivity contribution in [3.05, 3.63) is 0 Å². The summed E-state index contributed by atoms with van der Waals surface area (Å²) in [5.74, 6) is 1.82. The number of hydrogen-bond donors (Lipinski definition) is 1. The van der Waals surface area contributed by atoms with Gasteiger partial charge in [0.15, 0.2) is 0 Å². The van der Waals surface area contributed by atoms with E-state index in [1.165, 1.54) is 19.3 Å². The largest absolute Gasteiger partial charge is 0.320 e. The minimum absolute atomic E-state index is 0.887. The monoisotopic (exact) mass is 157 g/mol. The first kappa shape index (κ1) is 11.0. The molecule has 1 nitrogen and oxygen atoms in total. The molecule has 0 saturated heterocycles. The molecule has 0 aromatic rings. The molecule has 0 aliphatic heterocycles. The van der Waals surface area contributed by atoms with E-state index in [0.717, 1.165) is 18.4 Å². The Bertz CT molecular complexity index is 76.9. The molecule has 1 unspecified atom stereocenters. The van der Waals surface area contributed by atoms with Crippen molar-refractivity contribution < 1.29 is 0 Å². The Morgan fingerprint density at radius 2 is 1.73 bits per heavy atom. The van der Waals surface area contributed by atoms with Crippen molar-refractivity contribution in [2.45, 2.75) is 40.0 Å². The normalized spacial score (nSPS) is 13.9. The van der Waals surface area contributed by atoms with E-state index in [0.29, 0.717) is 0 Å². The third kappa shape index (κ3) is 4.41. The van der Waals surface area contributed by atoms with Crippen molar-refractivity contribution in [1.82, 2.24) is 5.32 Å². The van der Waals surface area contributed by atoms with E-state index in [1.807, 2.05) is 7.05 Å². The fourth-order valence-electron chi connectivity index (χ4n) is 1.70. The van der Waals surface area contributed by atoms with Gasteiger partial charge in [-0.05, 0) is 31.8 Å². The third-order valence-corrected chi connectivity index (χ3v) is 2.70. The van der Waals surface area contributed by atoms with Gasteiger partial charge in [-0.25, -0.2) is 0 Å².